The molecular formula is C21H32N2O2. The molecule has 0 bridgehead atoms. The number of rotatable bonds is 7. The molecule has 1 aromatic carbocycles. The van der Waals surface area contributed by atoms with E-state index in [9.17, 15) is 4.79 Å². The summed E-state index contributed by atoms with van der Waals surface area (Å²) in [4.78, 5) is 15.0. The Morgan fingerprint density at radius 1 is 1.28 bits per heavy atom. The Labute approximate surface area is 151 Å². The Morgan fingerprint density at radius 2 is 2.04 bits per heavy atom. The lowest BCUT2D eigenvalue weighted by Gasteiger charge is -2.26. The van der Waals surface area contributed by atoms with Gasteiger partial charge in [0.25, 0.3) is 0 Å². The summed E-state index contributed by atoms with van der Waals surface area (Å²) >= 11 is 0. The van der Waals surface area contributed by atoms with Gasteiger partial charge in [-0.25, -0.2) is 0 Å². The average Bonchev–Trinajstić information content (AvgIpc) is 2.68. The van der Waals surface area contributed by atoms with Gasteiger partial charge in [-0.05, 0) is 47.9 Å². The molecule has 138 valence electrons. The molecule has 1 aliphatic heterocycles. The predicted octanol–water partition coefficient (Wildman–Crippen LogP) is 3.91. The first-order chi connectivity index (χ1) is 11.9. The van der Waals surface area contributed by atoms with Crippen molar-refractivity contribution in [1.82, 2.24) is 4.90 Å². The van der Waals surface area contributed by atoms with Crippen LogP contribution in [0.1, 0.15) is 51.7 Å². The summed E-state index contributed by atoms with van der Waals surface area (Å²) in [5.41, 5.74) is 3.24. The second kappa shape index (κ2) is 9.04. The molecule has 0 saturated heterocycles. The first-order valence-corrected chi connectivity index (χ1v) is 9.36. The number of amides is 1. The maximum atomic E-state index is 13.0. The summed E-state index contributed by atoms with van der Waals surface area (Å²) < 4.78 is 0. The van der Waals surface area contributed by atoms with E-state index >= 15 is 0 Å². The molecular weight excluding hydrogens is 312 g/mol. The van der Waals surface area contributed by atoms with Crippen LogP contribution >= 0.6 is 0 Å². The van der Waals surface area contributed by atoms with Gasteiger partial charge in [-0.2, -0.15) is 0 Å². The van der Waals surface area contributed by atoms with Gasteiger partial charge in [0.05, 0.1) is 6.61 Å². The van der Waals surface area contributed by atoms with Crippen LogP contribution in [0.4, 0.5) is 5.69 Å². The third-order valence-electron chi connectivity index (χ3n) is 4.53. The van der Waals surface area contributed by atoms with E-state index in [2.05, 4.69) is 45.1 Å². The smallest absolute Gasteiger partial charge is 0.245 e. The molecule has 4 heteroatoms. The molecule has 4 nitrogen and oxygen atoms in total. The van der Waals surface area contributed by atoms with Crippen molar-refractivity contribution in [2.45, 2.75) is 53.1 Å². The van der Waals surface area contributed by atoms with Crippen molar-refractivity contribution >= 4 is 17.7 Å². The first-order valence-electron chi connectivity index (χ1n) is 9.36. The highest BCUT2D eigenvalue weighted by atomic mass is 16.2. The first kappa shape index (κ1) is 19.5. The van der Waals surface area contributed by atoms with E-state index in [1.165, 1.54) is 0 Å². The molecule has 0 spiro atoms. The zero-order valence-corrected chi connectivity index (χ0v) is 16.0. The molecule has 1 heterocycles. The Hall–Kier alpha value is -1.81. The number of fused-ring (bicyclic) bond motifs is 1. The predicted molar refractivity (Wildman–Crippen MR) is 104 cm³/mol. The normalized spacial score (nSPS) is 18.0. The lowest BCUT2D eigenvalue weighted by atomic mass is 10.0. The molecule has 1 aromatic rings. The number of aliphatic hydroxyl groups is 1. The molecule has 0 saturated carbocycles. The van der Waals surface area contributed by atoms with E-state index in [4.69, 9.17) is 5.11 Å². The molecule has 2 N–H and O–H groups in total. The Kier molecular flexibility index (Phi) is 7.06. The van der Waals surface area contributed by atoms with E-state index in [1.807, 2.05) is 17.0 Å². The quantitative estimate of drug-likeness (QED) is 0.788. The maximum absolute atomic E-state index is 13.0. The standard InChI is InChI=1S/C21H32N2O2/c1-15(2)9-10-23-14-18-13-17(6-5-11-24)7-8-19(18)22-20(21(23)25)12-16(3)4/h5-8,13,15-16,20,22,24H,9-12,14H2,1-4H3/b6-5+/t20-/m0/s1. The van der Waals surface area contributed by atoms with Crippen LogP contribution in [0, 0.1) is 11.8 Å². The molecule has 25 heavy (non-hydrogen) atoms. The fraction of sp³-hybridized carbons (Fsp3) is 0.571. The van der Waals surface area contributed by atoms with Crippen LogP contribution in [-0.2, 0) is 11.3 Å². The Bertz CT molecular complexity index is 608. The summed E-state index contributed by atoms with van der Waals surface area (Å²) in [7, 11) is 0. The van der Waals surface area contributed by atoms with Crippen molar-refractivity contribution in [3.63, 3.8) is 0 Å². The van der Waals surface area contributed by atoms with Crippen molar-refractivity contribution in [3.05, 3.63) is 35.4 Å². The second-order valence-electron chi connectivity index (χ2n) is 7.77. The molecule has 0 aromatic heterocycles. The highest BCUT2D eigenvalue weighted by molar-refractivity contribution is 5.86. The van der Waals surface area contributed by atoms with Crippen molar-refractivity contribution in [1.29, 1.82) is 0 Å². The fourth-order valence-corrected chi connectivity index (χ4v) is 3.17. The van der Waals surface area contributed by atoms with Gasteiger partial charge in [0.2, 0.25) is 5.91 Å². The number of nitrogens with one attached hydrogen (secondary N) is 1. The van der Waals surface area contributed by atoms with Gasteiger partial charge >= 0.3 is 0 Å². The number of hydrogen-bond donors (Lipinski definition) is 2. The van der Waals surface area contributed by atoms with E-state index in [1.54, 1.807) is 6.08 Å². The van der Waals surface area contributed by atoms with Gasteiger partial charge in [-0.15, -0.1) is 0 Å². The van der Waals surface area contributed by atoms with Gasteiger partial charge in [0, 0.05) is 18.8 Å². The number of nitrogens with zero attached hydrogens (tertiary/aromatic N) is 1. The number of carbonyl (C=O) groups is 1. The maximum Gasteiger partial charge on any atom is 0.245 e. The summed E-state index contributed by atoms with van der Waals surface area (Å²) in [6, 6.07) is 6.03. The van der Waals surface area contributed by atoms with Crippen molar-refractivity contribution in [2.75, 3.05) is 18.5 Å². The summed E-state index contributed by atoms with van der Waals surface area (Å²) in [6.07, 6.45) is 5.49. The van der Waals surface area contributed by atoms with Gasteiger partial charge < -0.3 is 15.3 Å². The number of benzene rings is 1. The van der Waals surface area contributed by atoms with Crippen LogP contribution in [0.15, 0.2) is 24.3 Å². The highest BCUT2D eigenvalue weighted by Gasteiger charge is 2.29. The molecule has 0 unspecified atom stereocenters. The molecule has 2 rings (SSSR count). The Morgan fingerprint density at radius 3 is 2.68 bits per heavy atom. The SMILES string of the molecule is CC(C)CCN1Cc2cc(/C=C/CO)ccc2N[C@@H](CC(C)C)C1=O. The van der Waals surface area contributed by atoms with Crippen LogP contribution in [0.25, 0.3) is 6.08 Å². The zero-order chi connectivity index (χ0) is 18.4. The summed E-state index contributed by atoms with van der Waals surface area (Å²) in [5, 5.41) is 12.5. The van der Waals surface area contributed by atoms with Gasteiger partial charge in [0.1, 0.15) is 6.04 Å². The minimum atomic E-state index is -0.160. The van der Waals surface area contributed by atoms with Crippen molar-refractivity contribution in [3.8, 4) is 0 Å². The molecule has 0 radical (unpaired) electrons. The minimum absolute atomic E-state index is 0.0325. The zero-order valence-electron chi connectivity index (χ0n) is 16.0. The minimum Gasteiger partial charge on any atom is -0.392 e. The third kappa shape index (κ3) is 5.60. The topological polar surface area (TPSA) is 52.6 Å². The van der Waals surface area contributed by atoms with Crippen molar-refractivity contribution in [2.24, 2.45) is 11.8 Å². The fourth-order valence-electron chi connectivity index (χ4n) is 3.17. The van der Waals surface area contributed by atoms with Gasteiger partial charge in [-0.1, -0.05) is 45.9 Å². The number of hydrogen-bond acceptors (Lipinski definition) is 3. The molecule has 0 fully saturated rings. The molecule has 1 amide bonds. The lowest BCUT2D eigenvalue weighted by Crippen LogP contribution is -2.41. The Balaban J connectivity index is 2.30. The summed E-state index contributed by atoms with van der Waals surface area (Å²) in [6.45, 7) is 10.2. The van der Waals surface area contributed by atoms with Crippen LogP contribution in [0.2, 0.25) is 0 Å². The lowest BCUT2D eigenvalue weighted by molar-refractivity contribution is -0.132. The highest BCUT2D eigenvalue weighted by Crippen LogP contribution is 2.27. The average molecular weight is 344 g/mol. The molecule has 1 atom stereocenters. The summed E-state index contributed by atoms with van der Waals surface area (Å²) in [5.74, 6) is 1.24. The third-order valence-corrected chi connectivity index (χ3v) is 4.53. The van der Waals surface area contributed by atoms with Crippen molar-refractivity contribution < 1.29 is 9.90 Å². The molecule has 0 aliphatic carbocycles. The largest absolute Gasteiger partial charge is 0.392 e. The van der Waals surface area contributed by atoms with Crippen LogP contribution in [0.5, 0.6) is 0 Å². The number of carbonyl (C=O) groups excluding carboxylic acids is 1. The van der Waals surface area contributed by atoms with Gasteiger partial charge in [-0.3, -0.25) is 4.79 Å². The van der Waals surface area contributed by atoms with E-state index in [-0.39, 0.29) is 18.6 Å². The van der Waals surface area contributed by atoms with E-state index in [0.29, 0.717) is 18.4 Å². The second-order valence-corrected chi connectivity index (χ2v) is 7.77. The van der Waals surface area contributed by atoms with Crippen LogP contribution < -0.4 is 5.32 Å². The monoisotopic (exact) mass is 344 g/mol. The van der Waals surface area contributed by atoms with Crippen LogP contribution in [-0.4, -0.2) is 35.1 Å². The number of anilines is 1. The van der Waals surface area contributed by atoms with Crippen LogP contribution in [0.3, 0.4) is 0 Å². The van der Waals surface area contributed by atoms with E-state index in [0.717, 1.165) is 36.2 Å². The van der Waals surface area contributed by atoms with E-state index < -0.39 is 0 Å². The number of aliphatic hydroxyl groups excluding tert-OH is 1. The molecule has 1 aliphatic rings. The van der Waals surface area contributed by atoms with Gasteiger partial charge in [0.15, 0.2) is 0 Å².